The maximum atomic E-state index is 12.1. The highest BCUT2D eigenvalue weighted by molar-refractivity contribution is 6.34. The van der Waals surface area contributed by atoms with E-state index >= 15 is 0 Å². The first-order valence-corrected chi connectivity index (χ1v) is 7.20. The summed E-state index contributed by atoms with van der Waals surface area (Å²) in [4.78, 5) is 23.0. The second-order valence-corrected chi connectivity index (χ2v) is 5.40. The molecule has 2 aliphatic heterocycles. The largest absolute Gasteiger partial charge is 0.486 e. The lowest BCUT2D eigenvalue weighted by atomic mass is 10.2. The second-order valence-electron chi connectivity index (χ2n) is 4.99. The van der Waals surface area contributed by atoms with Gasteiger partial charge in [0.05, 0.1) is 10.7 Å². The highest BCUT2D eigenvalue weighted by Gasteiger charge is 2.35. The number of amides is 1. The molecule has 1 fully saturated rings. The summed E-state index contributed by atoms with van der Waals surface area (Å²) in [5, 5.41) is 11.8. The molecular weight excluding hydrogens is 314 g/mol. The first-order valence-electron chi connectivity index (χ1n) is 6.83. The van der Waals surface area contributed by atoms with E-state index in [9.17, 15) is 9.59 Å². The number of rotatable bonds is 3. The van der Waals surface area contributed by atoms with Gasteiger partial charge in [0.25, 0.3) is 5.91 Å². The van der Waals surface area contributed by atoms with E-state index in [0.29, 0.717) is 48.3 Å². The first-order chi connectivity index (χ1) is 10.5. The van der Waals surface area contributed by atoms with Gasteiger partial charge in [0.15, 0.2) is 17.6 Å². The minimum absolute atomic E-state index is 0.308. The SMILES string of the molecule is O=C(Nc1cc2c(cc1Cl)OCCO2)[C@@H]1CC[C@H](C(=O)O)O1. The van der Waals surface area contributed by atoms with Crippen LogP contribution < -0.4 is 14.8 Å². The third kappa shape index (κ3) is 2.95. The van der Waals surface area contributed by atoms with Crippen molar-refractivity contribution >= 4 is 29.2 Å². The Labute approximate surface area is 131 Å². The Kier molecular flexibility index (Phi) is 4.08. The molecule has 1 amide bonds. The van der Waals surface area contributed by atoms with Crippen molar-refractivity contribution in [2.45, 2.75) is 25.0 Å². The number of hydrogen-bond acceptors (Lipinski definition) is 5. The van der Waals surface area contributed by atoms with Crippen molar-refractivity contribution in [1.82, 2.24) is 0 Å². The predicted octanol–water partition coefficient (Wildman–Crippen LogP) is 1.68. The maximum Gasteiger partial charge on any atom is 0.332 e. The minimum atomic E-state index is -1.06. The molecule has 3 rings (SSSR count). The zero-order valence-electron chi connectivity index (χ0n) is 11.5. The number of nitrogens with one attached hydrogen (secondary N) is 1. The van der Waals surface area contributed by atoms with Crippen molar-refractivity contribution in [1.29, 1.82) is 0 Å². The number of ether oxygens (including phenoxy) is 3. The number of carboxylic acids is 1. The Balaban J connectivity index is 1.70. The van der Waals surface area contributed by atoms with E-state index in [-0.39, 0.29) is 0 Å². The minimum Gasteiger partial charge on any atom is -0.486 e. The molecule has 0 radical (unpaired) electrons. The lowest BCUT2D eigenvalue weighted by molar-refractivity contribution is -0.150. The quantitative estimate of drug-likeness (QED) is 0.877. The zero-order chi connectivity index (χ0) is 15.7. The van der Waals surface area contributed by atoms with E-state index in [1.54, 1.807) is 12.1 Å². The Morgan fingerprint density at radius 2 is 1.77 bits per heavy atom. The van der Waals surface area contributed by atoms with Gasteiger partial charge in [0.1, 0.15) is 19.3 Å². The number of fused-ring (bicyclic) bond motifs is 1. The number of halogens is 1. The van der Waals surface area contributed by atoms with E-state index in [0.717, 1.165) is 0 Å². The molecule has 0 aromatic heterocycles. The van der Waals surface area contributed by atoms with Gasteiger partial charge in [-0.1, -0.05) is 11.6 Å². The van der Waals surface area contributed by atoms with Gasteiger partial charge in [-0.15, -0.1) is 0 Å². The van der Waals surface area contributed by atoms with Gasteiger partial charge in [-0.3, -0.25) is 4.79 Å². The number of carbonyl (C=O) groups excluding carboxylic acids is 1. The van der Waals surface area contributed by atoms with E-state index in [4.69, 9.17) is 30.9 Å². The summed E-state index contributed by atoms with van der Waals surface area (Å²) in [6.07, 6.45) is -1.08. The topological polar surface area (TPSA) is 94.1 Å². The van der Waals surface area contributed by atoms with E-state index in [1.807, 2.05) is 0 Å². The highest BCUT2D eigenvalue weighted by Crippen LogP contribution is 2.38. The fourth-order valence-electron chi connectivity index (χ4n) is 2.38. The van der Waals surface area contributed by atoms with Crippen molar-refractivity contribution < 1.29 is 28.9 Å². The van der Waals surface area contributed by atoms with E-state index < -0.39 is 24.1 Å². The van der Waals surface area contributed by atoms with Crippen LogP contribution in [0.3, 0.4) is 0 Å². The van der Waals surface area contributed by atoms with Crippen LogP contribution in [0.4, 0.5) is 5.69 Å². The molecule has 0 unspecified atom stereocenters. The second kappa shape index (κ2) is 6.02. The molecule has 118 valence electrons. The van der Waals surface area contributed by atoms with Gasteiger partial charge in [-0.25, -0.2) is 4.79 Å². The van der Waals surface area contributed by atoms with Gasteiger partial charge in [-0.05, 0) is 12.8 Å². The summed E-state index contributed by atoms with van der Waals surface area (Å²) in [7, 11) is 0. The molecule has 0 aliphatic carbocycles. The number of benzene rings is 1. The van der Waals surface area contributed by atoms with Crippen LogP contribution in [0.2, 0.25) is 5.02 Å². The summed E-state index contributed by atoms with van der Waals surface area (Å²) in [6.45, 7) is 0.871. The number of carboxylic acid groups (broad SMARTS) is 1. The molecule has 1 aromatic carbocycles. The molecule has 0 spiro atoms. The summed E-state index contributed by atoms with van der Waals surface area (Å²) in [6, 6.07) is 3.15. The van der Waals surface area contributed by atoms with Crippen LogP contribution in [0, 0.1) is 0 Å². The molecule has 0 bridgehead atoms. The number of anilines is 1. The van der Waals surface area contributed by atoms with Gasteiger partial charge in [0, 0.05) is 12.1 Å². The molecule has 2 atom stereocenters. The average Bonchev–Trinajstić information content (AvgIpc) is 2.98. The molecule has 2 aliphatic rings. The standard InChI is InChI=1S/C14H14ClNO6/c15-7-5-11-12(21-4-3-20-11)6-8(7)16-13(17)9-1-2-10(22-9)14(18)19/h5-6,9-10H,1-4H2,(H,16,17)(H,18,19)/t9-,10+/m0/s1. The average molecular weight is 328 g/mol. The lowest BCUT2D eigenvalue weighted by Crippen LogP contribution is -2.30. The van der Waals surface area contributed by atoms with E-state index in [2.05, 4.69) is 5.32 Å². The van der Waals surface area contributed by atoms with Crippen molar-refractivity contribution in [3.8, 4) is 11.5 Å². The smallest absolute Gasteiger partial charge is 0.332 e. The number of aliphatic carboxylic acids is 1. The third-order valence-electron chi connectivity index (χ3n) is 3.48. The number of hydrogen-bond donors (Lipinski definition) is 2. The van der Waals surface area contributed by atoms with Crippen LogP contribution in [0.1, 0.15) is 12.8 Å². The van der Waals surface area contributed by atoms with Gasteiger partial charge in [-0.2, -0.15) is 0 Å². The van der Waals surface area contributed by atoms with Crippen LogP contribution >= 0.6 is 11.6 Å². The van der Waals surface area contributed by atoms with Crippen molar-refractivity contribution in [3.05, 3.63) is 17.2 Å². The molecule has 1 saturated heterocycles. The fourth-order valence-corrected chi connectivity index (χ4v) is 2.59. The summed E-state index contributed by atoms with van der Waals surface area (Å²) < 4.78 is 16.0. The Morgan fingerprint density at radius 1 is 1.14 bits per heavy atom. The molecule has 0 saturated carbocycles. The number of carbonyl (C=O) groups is 2. The van der Waals surface area contributed by atoms with Gasteiger partial charge >= 0.3 is 5.97 Å². The summed E-state index contributed by atoms with van der Waals surface area (Å²) >= 11 is 6.11. The molecule has 7 nitrogen and oxygen atoms in total. The van der Waals surface area contributed by atoms with Crippen LogP contribution in [0.5, 0.6) is 11.5 Å². The fraction of sp³-hybridized carbons (Fsp3) is 0.429. The van der Waals surface area contributed by atoms with Crippen molar-refractivity contribution in [2.24, 2.45) is 0 Å². The summed E-state index contributed by atoms with van der Waals surface area (Å²) in [5.74, 6) is -0.464. The zero-order valence-corrected chi connectivity index (χ0v) is 12.3. The normalized spacial score (nSPS) is 23.1. The first kappa shape index (κ1) is 14.9. The third-order valence-corrected chi connectivity index (χ3v) is 3.79. The van der Waals surface area contributed by atoms with Crippen LogP contribution in [0.25, 0.3) is 0 Å². The summed E-state index contributed by atoms with van der Waals surface area (Å²) in [5.41, 5.74) is 0.373. The molecule has 8 heteroatoms. The Hall–Kier alpha value is -1.99. The van der Waals surface area contributed by atoms with Gasteiger partial charge in [0.2, 0.25) is 0 Å². The predicted molar refractivity (Wildman–Crippen MR) is 76.6 cm³/mol. The molecule has 22 heavy (non-hydrogen) atoms. The Morgan fingerprint density at radius 3 is 2.41 bits per heavy atom. The molecular formula is C14H14ClNO6. The Bertz CT molecular complexity index is 620. The highest BCUT2D eigenvalue weighted by atomic mass is 35.5. The van der Waals surface area contributed by atoms with E-state index in [1.165, 1.54) is 0 Å². The maximum absolute atomic E-state index is 12.1. The van der Waals surface area contributed by atoms with Gasteiger partial charge < -0.3 is 24.6 Å². The monoisotopic (exact) mass is 327 g/mol. The molecule has 2 N–H and O–H groups in total. The van der Waals surface area contributed by atoms with Crippen LogP contribution in [-0.2, 0) is 14.3 Å². The van der Waals surface area contributed by atoms with Crippen LogP contribution in [-0.4, -0.2) is 42.4 Å². The lowest BCUT2D eigenvalue weighted by Gasteiger charge is -2.20. The molecule has 2 heterocycles. The van der Waals surface area contributed by atoms with Crippen molar-refractivity contribution in [2.75, 3.05) is 18.5 Å². The van der Waals surface area contributed by atoms with Crippen molar-refractivity contribution in [3.63, 3.8) is 0 Å². The van der Waals surface area contributed by atoms with Crippen LogP contribution in [0.15, 0.2) is 12.1 Å². The molecule has 1 aromatic rings.